The molecule has 0 aliphatic rings. The van der Waals surface area contributed by atoms with Gasteiger partial charge in [-0.3, -0.25) is 4.79 Å². The molecule has 2 aromatic rings. The number of carbonyl (C=O) groups is 1. The summed E-state index contributed by atoms with van der Waals surface area (Å²) in [6, 6.07) is 7.26. The number of oxazole rings is 1. The largest absolute Gasteiger partial charge is 0.497 e. The fourth-order valence-corrected chi connectivity index (χ4v) is 1.92. The van der Waals surface area contributed by atoms with Gasteiger partial charge < -0.3 is 19.2 Å². The Hall–Kier alpha value is -2.50. The van der Waals surface area contributed by atoms with Gasteiger partial charge in [-0.1, -0.05) is 13.8 Å². The highest BCUT2D eigenvalue weighted by Crippen LogP contribution is 2.18. The number of aromatic nitrogens is 1. The van der Waals surface area contributed by atoms with Gasteiger partial charge in [0.25, 0.3) is 5.91 Å². The molecule has 0 atom stereocenters. The molecule has 6 nitrogen and oxygen atoms in total. The number of hydrogen-bond donors (Lipinski definition) is 1. The Kier molecular flexibility index (Phi) is 5.41. The number of amides is 1. The predicted molar refractivity (Wildman–Crippen MR) is 81.4 cm³/mol. The molecule has 1 N–H and O–H groups in total. The van der Waals surface area contributed by atoms with Crippen LogP contribution in [0.4, 0.5) is 0 Å². The molecule has 0 bridgehead atoms. The third-order valence-corrected chi connectivity index (χ3v) is 3.06. The molecule has 1 heterocycles. The van der Waals surface area contributed by atoms with Crippen molar-refractivity contribution in [2.45, 2.75) is 19.8 Å². The molecular formula is C16H20N2O4. The number of hydrogen-bond acceptors (Lipinski definition) is 5. The van der Waals surface area contributed by atoms with Crippen LogP contribution in [0.1, 0.15) is 36.0 Å². The second-order valence-electron chi connectivity index (χ2n) is 5.00. The van der Waals surface area contributed by atoms with Gasteiger partial charge in [-0.15, -0.1) is 0 Å². The SMILES string of the molecule is COc1ccc(OCCNC(=O)c2ocnc2C(C)C)cc1. The molecule has 0 unspecified atom stereocenters. The molecule has 0 aliphatic carbocycles. The lowest BCUT2D eigenvalue weighted by Gasteiger charge is -2.08. The zero-order valence-corrected chi connectivity index (χ0v) is 13.0. The number of nitrogens with one attached hydrogen (secondary N) is 1. The highest BCUT2D eigenvalue weighted by atomic mass is 16.5. The Labute approximate surface area is 129 Å². The summed E-state index contributed by atoms with van der Waals surface area (Å²) in [5.74, 6) is 1.61. The number of rotatable bonds is 7. The summed E-state index contributed by atoms with van der Waals surface area (Å²) in [5, 5.41) is 2.75. The first-order valence-corrected chi connectivity index (χ1v) is 7.10. The van der Waals surface area contributed by atoms with Gasteiger partial charge in [0.15, 0.2) is 6.39 Å². The molecule has 0 saturated heterocycles. The number of carbonyl (C=O) groups excluding carboxylic acids is 1. The lowest BCUT2D eigenvalue weighted by molar-refractivity contribution is 0.0917. The van der Waals surface area contributed by atoms with Crippen LogP contribution in [0.5, 0.6) is 11.5 Å². The molecular weight excluding hydrogens is 284 g/mol. The van der Waals surface area contributed by atoms with E-state index in [1.165, 1.54) is 6.39 Å². The number of methoxy groups -OCH3 is 1. The minimum atomic E-state index is -0.278. The third-order valence-electron chi connectivity index (χ3n) is 3.06. The van der Waals surface area contributed by atoms with Crippen molar-refractivity contribution in [3.8, 4) is 11.5 Å². The van der Waals surface area contributed by atoms with E-state index >= 15 is 0 Å². The maximum atomic E-state index is 12.0. The van der Waals surface area contributed by atoms with E-state index in [4.69, 9.17) is 13.9 Å². The average Bonchev–Trinajstić information content (AvgIpc) is 3.02. The van der Waals surface area contributed by atoms with E-state index in [1.54, 1.807) is 7.11 Å². The minimum Gasteiger partial charge on any atom is -0.497 e. The summed E-state index contributed by atoms with van der Waals surface area (Å²) >= 11 is 0. The quantitative estimate of drug-likeness (QED) is 0.796. The number of ether oxygens (including phenoxy) is 2. The van der Waals surface area contributed by atoms with Crippen molar-refractivity contribution in [2.75, 3.05) is 20.3 Å². The molecule has 1 amide bonds. The maximum Gasteiger partial charge on any atom is 0.289 e. The first-order valence-electron chi connectivity index (χ1n) is 7.10. The summed E-state index contributed by atoms with van der Waals surface area (Å²) in [6.45, 7) is 4.66. The van der Waals surface area contributed by atoms with Crippen LogP contribution in [0.15, 0.2) is 35.1 Å². The summed E-state index contributed by atoms with van der Waals surface area (Å²) in [5.41, 5.74) is 0.661. The Bertz CT molecular complexity index is 605. The third kappa shape index (κ3) is 4.00. The summed E-state index contributed by atoms with van der Waals surface area (Å²) < 4.78 is 15.8. The van der Waals surface area contributed by atoms with E-state index in [9.17, 15) is 4.79 Å². The Morgan fingerprint density at radius 3 is 2.59 bits per heavy atom. The summed E-state index contributed by atoms with van der Waals surface area (Å²) in [6.07, 6.45) is 1.29. The van der Waals surface area contributed by atoms with Crippen LogP contribution in [0.3, 0.4) is 0 Å². The van der Waals surface area contributed by atoms with Gasteiger partial charge in [-0.25, -0.2) is 4.98 Å². The zero-order chi connectivity index (χ0) is 15.9. The second kappa shape index (κ2) is 7.49. The first-order chi connectivity index (χ1) is 10.6. The van der Waals surface area contributed by atoms with Crippen molar-refractivity contribution in [3.63, 3.8) is 0 Å². The van der Waals surface area contributed by atoms with Crippen molar-refractivity contribution in [3.05, 3.63) is 42.1 Å². The van der Waals surface area contributed by atoms with Gasteiger partial charge in [0.2, 0.25) is 5.76 Å². The number of benzene rings is 1. The van der Waals surface area contributed by atoms with Crippen LogP contribution in [-0.2, 0) is 0 Å². The lowest BCUT2D eigenvalue weighted by Crippen LogP contribution is -2.28. The van der Waals surface area contributed by atoms with E-state index in [0.717, 1.165) is 11.5 Å². The molecule has 6 heteroatoms. The molecule has 2 rings (SSSR count). The maximum absolute atomic E-state index is 12.0. The average molecular weight is 304 g/mol. The van der Waals surface area contributed by atoms with E-state index in [2.05, 4.69) is 10.3 Å². The Balaban J connectivity index is 1.78. The molecule has 1 aromatic carbocycles. The Morgan fingerprint density at radius 2 is 1.95 bits per heavy atom. The molecule has 118 valence electrons. The lowest BCUT2D eigenvalue weighted by atomic mass is 10.1. The van der Waals surface area contributed by atoms with Crippen LogP contribution in [-0.4, -0.2) is 31.2 Å². The van der Waals surface area contributed by atoms with Crippen molar-refractivity contribution in [1.82, 2.24) is 10.3 Å². The zero-order valence-electron chi connectivity index (χ0n) is 13.0. The molecule has 0 saturated carbocycles. The number of nitrogens with zero attached hydrogens (tertiary/aromatic N) is 1. The van der Waals surface area contributed by atoms with Crippen LogP contribution in [0, 0.1) is 0 Å². The van der Waals surface area contributed by atoms with Crippen molar-refractivity contribution in [1.29, 1.82) is 0 Å². The molecule has 22 heavy (non-hydrogen) atoms. The topological polar surface area (TPSA) is 73.6 Å². The van der Waals surface area contributed by atoms with Crippen molar-refractivity contribution in [2.24, 2.45) is 0 Å². The fourth-order valence-electron chi connectivity index (χ4n) is 1.92. The minimum absolute atomic E-state index is 0.134. The van der Waals surface area contributed by atoms with Gasteiger partial charge >= 0.3 is 0 Å². The van der Waals surface area contributed by atoms with E-state index < -0.39 is 0 Å². The van der Waals surface area contributed by atoms with Crippen LogP contribution in [0.2, 0.25) is 0 Å². The summed E-state index contributed by atoms with van der Waals surface area (Å²) in [7, 11) is 1.61. The first kappa shape index (κ1) is 15.9. The van der Waals surface area contributed by atoms with Gasteiger partial charge in [0.05, 0.1) is 19.3 Å². The van der Waals surface area contributed by atoms with Crippen LogP contribution >= 0.6 is 0 Å². The van der Waals surface area contributed by atoms with Gasteiger partial charge in [0, 0.05) is 0 Å². The molecule has 0 radical (unpaired) electrons. The van der Waals surface area contributed by atoms with Crippen molar-refractivity contribution < 1.29 is 18.7 Å². The fraction of sp³-hybridized carbons (Fsp3) is 0.375. The normalized spacial score (nSPS) is 10.5. The van der Waals surface area contributed by atoms with Crippen molar-refractivity contribution >= 4 is 5.91 Å². The smallest absolute Gasteiger partial charge is 0.289 e. The molecule has 0 fully saturated rings. The van der Waals surface area contributed by atoms with Gasteiger partial charge in [-0.2, -0.15) is 0 Å². The predicted octanol–water partition coefficient (Wildman–Crippen LogP) is 2.62. The van der Waals surface area contributed by atoms with Gasteiger partial charge in [0.1, 0.15) is 18.1 Å². The molecule has 1 aromatic heterocycles. The Morgan fingerprint density at radius 1 is 1.27 bits per heavy atom. The van der Waals surface area contributed by atoms with E-state index in [1.807, 2.05) is 38.1 Å². The standard InChI is InChI=1S/C16H20N2O4/c1-11(2)14-15(22-10-18-14)16(19)17-8-9-21-13-6-4-12(20-3)5-7-13/h4-7,10-11H,8-9H2,1-3H3,(H,17,19). The monoisotopic (exact) mass is 304 g/mol. The summed E-state index contributed by atoms with van der Waals surface area (Å²) in [4.78, 5) is 16.1. The molecule has 0 aliphatic heterocycles. The highest BCUT2D eigenvalue weighted by molar-refractivity contribution is 5.92. The van der Waals surface area contributed by atoms with Gasteiger partial charge in [-0.05, 0) is 30.2 Å². The highest BCUT2D eigenvalue weighted by Gasteiger charge is 2.18. The van der Waals surface area contributed by atoms with Crippen LogP contribution in [0.25, 0.3) is 0 Å². The second-order valence-corrected chi connectivity index (χ2v) is 5.00. The van der Waals surface area contributed by atoms with Crippen LogP contribution < -0.4 is 14.8 Å². The molecule has 0 spiro atoms. The van der Waals surface area contributed by atoms with E-state index in [-0.39, 0.29) is 17.6 Å². The van der Waals surface area contributed by atoms with E-state index in [0.29, 0.717) is 18.8 Å².